The van der Waals surface area contributed by atoms with Crippen LogP contribution in [0.5, 0.6) is 0 Å². The number of carbonyl (C=O) groups excluding carboxylic acids is 1. The number of nitro groups is 1. The minimum atomic E-state index is -0.859. The van der Waals surface area contributed by atoms with Crippen molar-refractivity contribution in [2.24, 2.45) is 7.05 Å². The predicted molar refractivity (Wildman–Crippen MR) is 99.6 cm³/mol. The van der Waals surface area contributed by atoms with Crippen LogP contribution in [0.15, 0.2) is 0 Å². The molecule has 1 aromatic rings. The molecule has 0 spiro atoms. The van der Waals surface area contributed by atoms with Gasteiger partial charge in [0.25, 0.3) is 0 Å². The topological polar surface area (TPSA) is 112 Å². The van der Waals surface area contributed by atoms with Crippen LogP contribution in [0.3, 0.4) is 0 Å². The Bertz CT molecular complexity index is 737. The van der Waals surface area contributed by atoms with Gasteiger partial charge in [0.2, 0.25) is 5.82 Å². The Balaban J connectivity index is 2.26. The lowest BCUT2D eigenvalue weighted by atomic mass is 10.1. The molecule has 1 amide bonds. The van der Waals surface area contributed by atoms with Crippen LogP contribution in [0, 0.1) is 17.0 Å². The van der Waals surface area contributed by atoms with Crippen LogP contribution in [0.25, 0.3) is 0 Å². The highest BCUT2D eigenvalue weighted by molar-refractivity contribution is 5.70. The fourth-order valence-electron chi connectivity index (χ4n) is 3.39. The van der Waals surface area contributed by atoms with E-state index in [2.05, 4.69) is 10.4 Å². The number of nitrogens with zero attached hydrogens (tertiary/aromatic N) is 4. The molecule has 2 atom stereocenters. The first-order chi connectivity index (χ1) is 12.2. The van der Waals surface area contributed by atoms with E-state index in [0.717, 1.165) is 0 Å². The van der Waals surface area contributed by atoms with Gasteiger partial charge in [-0.25, -0.2) is 9.48 Å². The first-order valence-electron chi connectivity index (χ1n) is 8.86. The van der Waals surface area contributed by atoms with E-state index in [-0.39, 0.29) is 24.4 Å². The Hall–Kier alpha value is -2.36. The molecule has 2 heterocycles. The number of nitrogens with one attached hydrogen (secondary N) is 1. The van der Waals surface area contributed by atoms with Gasteiger partial charge in [0.15, 0.2) is 0 Å². The second-order valence-electron chi connectivity index (χ2n) is 8.23. The van der Waals surface area contributed by atoms with Gasteiger partial charge in [-0.3, -0.25) is 15.0 Å². The van der Waals surface area contributed by atoms with Crippen molar-refractivity contribution in [3.8, 4) is 0 Å². The van der Waals surface area contributed by atoms with Crippen LogP contribution < -0.4 is 5.32 Å². The molecule has 0 saturated carbocycles. The van der Waals surface area contributed by atoms with Crippen LogP contribution in [-0.2, 0) is 16.5 Å². The highest BCUT2D eigenvalue weighted by Crippen LogP contribution is 2.34. The van der Waals surface area contributed by atoms with Gasteiger partial charge in [0, 0.05) is 13.6 Å². The molecule has 10 nitrogen and oxygen atoms in total. The second-order valence-corrected chi connectivity index (χ2v) is 8.23. The molecule has 1 aliphatic heterocycles. The molecule has 0 bridgehead atoms. The summed E-state index contributed by atoms with van der Waals surface area (Å²) in [6, 6.07) is -0.371. The SMILES string of the molecule is Cc1nn(C)c(NC[C@@H]2[C@H](C)OC(C)(C)N2C(=O)OC(C)(C)C)c1[N+](=O)[O-]. The van der Waals surface area contributed by atoms with Crippen LogP contribution >= 0.6 is 0 Å². The number of rotatable bonds is 4. The molecule has 0 radical (unpaired) electrons. The molecule has 1 N–H and O–H groups in total. The molecule has 152 valence electrons. The number of ether oxygens (including phenoxy) is 2. The van der Waals surface area contributed by atoms with E-state index >= 15 is 0 Å². The number of hydrogen-bond donors (Lipinski definition) is 1. The summed E-state index contributed by atoms with van der Waals surface area (Å²) < 4.78 is 12.9. The van der Waals surface area contributed by atoms with Crippen molar-refractivity contribution in [1.82, 2.24) is 14.7 Å². The quantitative estimate of drug-likeness (QED) is 0.628. The van der Waals surface area contributed by atoms with Crippen molar-refractivity contribution in [1.29, 1.82) is 0 Å². The Kier molecular flexibility index (Phi) is 5.42. The summed E-state index contributed by atoms with van der Waals surface area (Å²) in [5, 5.41) is 18.5. The maximum atomic E-state index is 12.8. The third-order valence-corrected chi connectivity index (χ3v) is 4.37. The molecule has 0 unspecified atom stereocenters. The fraction of sp³-hybridized carbons (Fsp3) is 0.765. The lowest BCUT2D eigenvalue weighted by molar-refractivity contribution is -0.384. The summed E-state index contributed by atoms with van der Waals surface area (Å²) in [6.45, 7) is 12.7. The molecule has 1 aromatic heterocycles. The van der Waals surface area contributed by atoms with Crippen molar-refractivity contribution >= 4 is 17.6 Å². The fourth-order valence-corrected chi connectivity index (χ4v) is 3.39. The summed E-state index contributed by atoms with van der Waals surface area (Å²) in [4.78, 5) is 25.2. The van der Waals surface area contributed by atoms with Gasteiger partial charge in [0.05, 0.1) is 17.1 Å². The molecule has 1 saturated heterocycles. The number of aryl methyl sites for hydroxylation is 2. The summed E-state index contributed by atoms with van der Waals surface area (Å²) in [5.41, 5.74) is -1.26. The van der Waals surface area contributed by atoms with Crippen LogP contribution in [-0.4, -0.2) is 55.7 Å². The highest BCUT2D eigenvalue weighted by atomic mass is 16.6. The van der Waals surface area contributed by atoms with Gasteiger partial charge in [-0.2, -0.15) is 5.10 Å². The van der Waals surface area contributed by atoms with Crippen molar-refractivity contribution in [3.63, 3.8) is 0 Å². The minimum Gasteiger partial charge on any atom is -0.444 e. The maximum absolute atomic E-state index is 12.8. The molecule has 0 aliphatic carbocycles. The average Bonchev–Trinajstić information content (AvgIpc) is 2.86. The van der Waals surface area contributed by atoms with Crippen LogP contribution in [0.1, 0.15) is 47.2 Å². The zero-order valence-corrected chi connectivity index (χ0v) is 17.2. The Morgan fingerprint density at radius 1 is 1.44 bits per heavy atom. The normalized spacial score (nSPS) is 22.0. The molecule has 2 rings (SSSR count). The summed E-state index contributed by atoms with van der Waals surface area (Å²) >= 11 is 0. The van der Waals surface area contributed by atoms with E-state index in [4.69, 9.17) is 9.47 Å². The number of anilines is 1. The zero-order chi connectivity index (χ0) is 20.7. The van der Waals surface area contributed by atoms with E-state index in [1.54, 1.807) is 53.5 Å². The first-order valence-corrected chi connectivity index (χ1v) is 8.86. The highest BCUT2D eigenvalue weighted by Gasteiger charge is 2.49. The van der Waals surface area contributed by atoms with Gasteiger partial charge < -0.3 is 14.8 Å². The molecule has 10 heteroatoms. The minimum absolute atomic E-state index is 0.0767. The van der Waals surface area contributed by atoms with Crippen LogP contribution in [0.4, 0.5) is 16.3 Å². The standard InChI is InChI=1S/C17H29N5O5/c1-10-13(22(24)25)14(20(8)19-10)18-9-12-11(2)26-17(6,7)21(12)15(23)27-16(3,4)5/h11-12,18H,9H2,1-8H3/t11-,12+/m0/s1. The van der Waals surface area contributed by atoms with Crippen molar-refractivity contribution in [2.45, 2.75) is 71.9 Å². The summed E-state index contributed by atoms with van der Waals surface area (Å²) in [7, 11) is 1.63. The average molecular weight is 383 g/mol. The molecule has 27 heavy (non-hydrogen) atoms. The third-order valence-electron chi connectivity index (χ3n) is 4.37. The van der Waals surface area contributed by atoms with Gasteiger partial charge in [-0.15, -0.1) is 0 Å². The maximum Gasteiger partial charge on any atom is 0.412 e. The van der Waals surface area contributed by atoms with Crippen molar-refractivity contribution in [2.75, 3.05) is 11.9 Å². The second kappa shape index (κ2) is 6.99. The lowest BCUT2D eigenvalue weighted by Gasteiger charge is -2.35. The van der Waals surface area contributed by atoms with Gasteiger partial charge in [-0.1, -0.05) is 0 Å². The van der Waals surface area contributed by atoms with Crippen molar-refractivity contribution in [3.05, 3.63) is 15.8 Å². The number of carbonyl (C=O) groups is 1. The number of hydrogen-bond acceptors (Lipinski definition) is 7. The smallest absolute Gasteiger partial charge is 0.412 e. The summed E-state index contributed by atoms with van der Waals surface area (Å²) in [6.07, 6.45) is -0.771. The molecule has 1 aliphatic rings. The van der Waals surface area contributed by atoms with E-state index in [9.17, 15) is 14.9 Å². The molecule has 1 fully saturated rings. The van der Waals surface area contributed by atoms with E-state index in [1.165, 1.54) is 4.68 Å². The Morgan fingerprint density at radius 2 is 2.04 bits per heavy atom. The zero-order valence-electron chi connectivity index (χ0n) is 17.2. The third kappa shape index (κ3) is 4.32. The monoisotopic (exact) mass is 383 g/mol. The lowest BCUT2D eigenvalue weighted by Crippen LogP contribution is -2.52. The Labute approximate surface area is 158 Å². The number of aromatic nitrogens is 2. The van der Waals surface area contributed by atoms with Gasteiger partial charge in [0.1, 0.15) is 17.0 Å². The van der Waals surface area contributed by atoms with E-state index in [1.807, 2.05) is 6.92 Å². The number of amides is 1. The van der Waals surface area contributed by atoms with Gasteiger partial charge in [-0.05, 0) is 48.5 Å². The molecular weight excluding hydrogens is 354 g/mol. The van der Waals surface area contributed by atoms with E-state index < -0.39 is 22.3 Å². The Morgan fingerprint density at radius 3 is 2.56 bits per heavy atom. The predicted octanol–water partition coefficient (Wildman–Crippen LogP) is 2.81. The van der Waals surface area contributed by atoms with Crippen LogP contribution in [0.2, 0.25) is 0 Å². The first kappa shape index (κ1) is 20.9. The largest absolute Gasteiger partial charge is 0.444 e. The van der Waals surface area contributed by atoms with Crippen molar-refractivity contribution < 1.29 is 19.2 Å². The molecular formula is C17H29N5O5. The van der Waals surface area contributed by atoms with E-state index in [0.29, 0.717) is 11.5 Å². The van der Waals surface area contributed by atoms with Gasteiger partial charge >= 0.3 is 11.8 Å². The summed E-state index contributed by atoms with van der Waals surface area (Å²) in [5.74, 6) is 0.290. The molecule has 0 aromatic carbocycles.